The molecule has 6 heteroatoms. The van der Waals surface area contributed by atoms with Crippen LogP contribution in [-0.4, -0.2) is 48.2 Å². The maximum absolute atomic E-state index is 13.2. The number of hydrogen-bond acceptors (Lipinski definition) is 4. The summed E-state index contributed by atoms with van der Waals surface area (Å²) >= 11 is 0. The molecule has 0 aliphatic rings. The zero-order valence-corrected chi connectivity index (χ0v) is 24.2. The summed E-state index contributed by atoms with van der Waals surface area (Å²) in [6.07, 6.45) is 3.77. The van der Waals surface area contributed by atoms with Crippen molar-refractivity contribution < 1.29 is 0 Å². The first kappa shape index (κ1) is 32.0. The number of nitrogens with zero attached hydrogens (tertiary/aromatic N) is 4. The lowest BCUT2D eigenvalue weighted by Crippen LogP contribution is -2.31. The maximum Gasteiger partial charge on any atom is 0.333 e. The molecule has 1 heterocycles. The van der Waals surface area contributed by atoms with Crippen LogP contribution in [0.1, 0.15) is 66.5 Å². The average Bonchev–Trinajstić information content (AvgIpc) is 3.16. The number of aliphatic imine (C=N–C) groups is 2. The Morgan fingerprint density at radius 1 is 1.06 bits per heavy atom. The molecule has 0 bridgehead atoms. The highest BCUT2D eigenvalue weighted by Crippen LogP contribution is 2.30. The van der Waals surface area contributed by atoms with Gasteiger partial charge in [0.1, 0.15) is 0 Å². The molecule has 1 unspecified atom stereocenters. The summed E-state index contributed by atoms with van der Waals surface area (Å²) < 4.78 is 3.54. The summed E-state index contributed by atoms with van der Waals surface area (Å²) in [5, 5.41) is 5.37. The normalized spacial score (nSPS) is 12.5. The fraction of sp³-hybridized carbons (Fsp3) is 0.483. The third-order valence-electron chi connectivity index (χ3n) is 5.58. The molecule has 0 aliphatic carbocycles. The van der Waals surface area contributed by atoms with Gasteiger partial charge in [-0.1, -0.05) is 59.8 Å². The topological polar surface area (TPSA) is 63.7 Å². The van der Waals surface area contributed by atoms with Gasteiger partial charge in [0.2, 0.25) is 0 Å². The van der Waals surface area contributed by atoms with E-state index in [9.17, 15) is 4.79 Å². The van der Waals surface area contributed by atoms with Crippen molar-refractivity contribution in [1.82, 2.24) is 14.5 Å². The van der Waals surface area contributed by atoms with E-state index in [1.807, 2.05) is 79.3 Å². The minimum absolute atomic E-state index is 0.0310. The fourth-order valence-electron chi connectivity index (χ4n) is 3.92. The van der Waals surface area contributed by atoms with E-state index >= 15 is 0 Å². The predicted octanol–water partition coefficient (Wildman–Crippen LogP) is 6.47. The molecule has 0 radical (unpaired) electrons. The molecule has 0 spiro atoms. The summed E-state index contributed by atoms with van der Waals surface area (Å²) in [5.41, 5.74) is 5.65. The van der Waals surface area contributed by atoms with E-state index in [2.05, 4.69) is 47.3 Å². The van der Waals surface area contributed by atoms with Crippen molar-refractivity contribution in [3.63, 3.8) is 0 Å². The zero-order chi connectivity index (χ0) is 27.3. The van der Waals surface area contributed by atoms with Crippen LogP contribution in [0.4, 0.5) is 0 Å². The van der Waals surface area contributed by atoms with Gasteiger partial charge >= 0.3 is 5.69 Å². The summed E-state index contributed by atoms with van der Waals surface area (Å²) in [5.74, 6) is 0. The predicted molar refractivity (Wildman–Crippen MR) is 159 cm³/mol. The molecule has 3 aromatic rings. The molecular weight excluding hydrogens is 434 g/mol. The summed E-state index contributed by atoms with van der Waals surface area (Å²) in [6.45, 7) is 18.1. The van der Waals surface area contributed by atoms with Crippen LogP contribution in [0.2, 0.25) is 0 Å². The first-order valence-electron chi connectivity index (χ1n) is 12.8. The molecule has 35 heavy (non-hydrogen) atoms. The Balaban J connectivity index is 0.00000179. The SMILES string of the molecule is C/C=C(\C(C)NC)n1c(=O)n(C)c2ccc3cc(C)c(C(C=NC)=NC)cc3c21.CC.CC.CC. The quantitative estimate of drug-likeness (QED) is 0.425. The summed E-state index contributed by atoms with van der Waals surface area (Å²) in [7, 11) is 7.23. The molecule has 1 aromatic heterocycles. The Kier molecular flexibility index (Phi) is 14.5. The van der Waals surface area contributed by atoms with Gasteiger partial charge in [-0.25, -0.2) is 4.79 Å². The number of fused-ring (bicyclic) bond motifs is 3. The molecule has 194 valence electrons. The Morgan fingerprint density at radius 3 is 2.14 bits per heavy atom. The Bertz CT molecular complexity index is 1230. The van der Waals surface area contributed by atoms with Crippen molar-refractivity contribution in [1.29, 1.82) is 0 Å². The van der Waals surface area contributed by atoms with Crippen LogP contribution >= 0.6 is 0 Å². The van der Waals surface area contributed by atoms with E-state index in [1.165, 1.54) is 0 Å². The van der Waals surface area contributed by atoms with E-state index in [0.29, 0.717) is 0 Å². The lowest BCUT2D eigenvalue weighted by molar-refractivity contribution is 0.703. The van der Waals surface area contributed by atoms with Gasteiger partial charge in [-0.15, -0.1) is 0 Å². The van der Waals surface area contributed by atoms with Crippen molar-refractivity contribution in [3.05, 3.63) is 52.0 Å². The molecule has 1 atom stereocenters. The van der Waals surface area contributed by atoms with E-state index in [0.717, 1.165) is 44.3 Å². The molecule has 0 aliphatic heterocycles. The summed E-state index contributed by atoms with van der Waals surface area (Å²) in [4.78, 5) is 21.8. The van der Waals surface area contributed by atoms with Gasteiger partial charge in [-0.05, 0) is 50.9 Å². The number of benzene rings is 2. The minimum atomic E-state index is -0.0515. The van der Waals surface area contributed by atoms with Crippen LogP contribution in [0.15, 0.2) is 45.1 Å². The lowest BCUT2D eigenvalue weighted by atomic mass is 9.97. The largest absolute Gasteiger partial charge is 0.333 e. The van der Waals surface area contributed by atoms with Crippen LogP contribution in [0, 0.1) is 6.92 Å². The van der Waals surface area contributed by atoms with Gasteiger partial charge in [-0.2, -0.15) is 0 Å². The fourth-order valence-corrected chi connectivity index (χ4v) is 3.92. The number of nitrogens with one attached hydrogen (secondary N) is 1. The number of imidazole rings is 1. The molecule has 3 rings (SSSR count). The highest BCUT2D eigenvalue weighted by atomic mass is 16.1. The van der Waals surface area contributed by atoms with Crippen LogP contribution in [-0.2, 0) is 7.05 Å². The monoisotopic (exact) mass is 481 g/mol. The van der Waals surface area contributed by atoms with Crippen LogP contribution in [0.3, 0.4) is 0 Å². The van der Waals surface area contributed by atoms with Gasteiger partial charge in [-0.3, -0.25) is 19.1 Å². The smallest absolute Gasteiger partial charge is 0.312 e. The van der Waals surface area contributed by atoms with Gasteiger partial charge in [0.05, 0.1) is 16.7 Å². The number of allylic oxidation sites excluding steroid dienone is 1. The number of hydrogen-bond donors (Lipinski definition) is 1. The molecule has 2 aromatic carbocycles. The zero-order valence-electron chi connectivity index (χ0n) is 24.2. The van der Waals surface area contributed by atoms with Crippen molar-refractivity contribution in [2.75, 3.05) is 21.1 Å². The van der Waals surface area contributed by atoms with Crippen molar-refractivity contribution in [3.8, 4) is 0 Å². The van der Waals surface area contributed by atoms with Crippen molar-refractivity contribution >= 4 is 39.4 Å². The molecule has 1 N–H and O–H groups in total. The molecule has 6 nitrogen and oxygen atoms in total. The van der Waals surface area contributed by atoms with E-state index in [4.69, 9.17) is 0 Å². The van der Waals surface area contributed by atoms with Gasteiger partial charge < -0.3 is 5.32 Å². The first-order chi connectivity index (χ1) is 16.9. The molecule has 0 saturated carbocycles. The highest BCUT2D eigenvalue weighted by Gasteiger charge is 2.20. The number of rotatable bonds is 5. The van der Waals surface area contributed by atoms with Crippen LogP contribution < -0.4 is 11.0 Å². The number of aryl methyl sites for hydroxylation is 2. The second-order valence-corrected chi connectivity index (χ2v) is 7.22. The van der Waals surface area contributed by atoms with Gasteiger partial charge in [0, 0.05) is 50.0 Å². The van der Waals surface area contributed by atoms with Crippen LogP contribution in [0.5, 0.6) is 0 Å². The standard InChI is InChI=1S/C23H29N5O.3C2H6/c1-8-20(15(3)25-5)28-22-18-12-17(19(26-6)13-24-4)14(2)11-16(18)9-10-21(22)27(7)23(28)29;3*1-2/h8-13,15,25H,1-7H3;3*1-2H3/b20-8+,24-13?,26-19?;;;. The van der Waals surface area contributed by atoms with Crippen molar-refractivity contribution in [2.45, 2.75) is 68.4 Å². The summed E-state index contributed by atoms with van der Waals surface area (Å²) in [6, 6.07) is 8.41. The average molecular weight is 482 g/mol. The van der Waals surface area contributed by atoms with Gasteiger partial charge in [0.15, 0.2) is 0 Å². The molecule has 0 amide bonds. The lowest BCUT2D eigenvalue weighted by Gasteiger charge is -2.17. The third-order valence-corrected chi connectivity index (χ3v) is 5.58. The van der Waals surface area contributed by atoms with E-state index in [1.54, 1.807) is 24.9 Å². The molecule has 0 saturated heterocycles. The number of likely N-dealkylation sites (N-methyl/N-ethyl adjacent to an activating group) is 1. The minimum Gasteiger partial charge on any atom is -0.312 e. The van der Waals surface area contributed by atoms with E-state index in [-0.39, 0.29) is 11.7 Å². The maximum atomic E-state index is 13.2. The van der Waals surface area contributed by atoms with Crippen molar-refractivity contribution in [2.24, 2.45) is 17.0 Å². The first-order valence-corrected chi connectivity index (χ1v) is 12.8. The van der Waals surface area contributed by atoms with Gasteiger partial charge in [0.25, 0.3) is 0 Å². The Hall–Kier alpha value is -2.99. The Labute approximate surface area is 212 Å². The second-order valence-electron chi connectivity index (χ2n) is 7.22. The Morgan fingerprint density at radius 2 is 1.66 bits per heavy atom. The second kappa shape index (κ2) is 15.8. The van der Waals surface area contributed by atoms with Crippen LogP contribution in [0.25, 0.3) is 27.5 Å². The van der Waals surface area contributed by atoms with E-state index < -0.39 is 0 Å². The molecular formula is C29H47N5O. The third kappa shape index (κ3) is 6.57. The number of aromatic nitrogens is 2. The molecule has 0 fully saturated rings. The highest BCUT2D eigenvalue weighted by molar-refractivity contribution is 6.39.